The van der Waals surface area contributed by atoms with Gasteiger partial charge in [-0.2, -0.15) is 0 Å². The lowest BCUT2D eigenvalue weighted by molar-refractivity contribution is -0.133. The van der Waals surface area contributed by atoms with Crippen LogP contribution in [0.2, 0.25) is 0 Å². The van der Waals surface area contributed by atoms with Crippen LogP contribution < -0.4 is 5.73 Å². The van der Waals surface area contributed by atoms with E-state index in [1.807, 2.05) is 56.0 Å². The quantitative estimate of drug-likeness (QED) is 0.809. The molecule has 1 heterocycles. The molecule has 6 heteroatoms. The van der Waals surface area contributed by atoms with E-state index < -0.39 is 6.04 Å². The molecule has 1 fully saturated rings. The lowest BCUT2D eigenvalue weighted by Crippen LogP contribution is -2.48. The molecule has 2 amide bonds. The monoisotopic (exact) mass is 361 g/mol. The van der Waals surface area contributed by atoms with Crippen molar-refractivity contribution in [2.75, 3.05) is 26.2 Å². The normalized spacial score (nSPS) is 18.0. The van der Waals surface area contributed by atoms with Gasteiger partial charge in [0.05, 0.1) is 6.04 Å². The molecule has 1 aromatic rings. The van der Waals surface area contributed by atoms with Gasteiger partial charge in [0.25, 0.3) is 0 Å². The van der Waals surface area contributed by atoms with Crippen LogP contribution >= 0.6 is 0 Å². The second kappa shape index (κ2) is 9.57. The van der Waals surface area contributed by atoms with Crippen molar-refractivity contribution in [3.05, 3.63) is 35.9 Å². The number of carbonyl (C=O) groups is 2. The Morgan fingerprint density at radius 2 is 2.00 bits per heavy atom. The molecule has 0 bridgehead atoms. The van der Waals surface area contributed by atoms with Crippen molar-refractivity contribution in [3.63, 3.8) is 0 Å². The standard InChI is InChI=1S/C20H31N3O3/c1-4-22(19(24)18(21)15(2)3)12-17-10-11-23(13-17)20(25)26-14-16-8-6-5-7-9-16/h5-9,15,17-18H,4,10-14,21H2,1-3H3/t17-,18-/m0/s1. The fourth-order valence-electron chi connectivity index (χ4n) is 3.14. The van der Waals surface area contributed by atoms with Crippen molar-refractivity contribution in [1.29, 1.82) is 0 Å². The highest BCUT2D eigenvalue weighted by atomic mass is 16.6. The minimum Gasteiger partial charge on any atom is -0.445 e. The average Bonchev–Trinajstić information content (AvgIpc) is 3.12. The van der Waals surface area contributed by atoms with Gasteiger partial charge in [0.2, 0.25) is 5.91 Å². The molecule has 0 spiro atoms. The minimum atomic E-state index is -0.469. The molecule has 1 aromatic carbocycles. The summed E-state index contributed by atoms with van der Waals surface area (Å²) in [5.41, 5.74) is 6.98. The zero-order valence-corrected chi connectivity index (χ0v) is 16.1. The number of likely N-dealkylation sites (tertiary alicyclic amines) is 1. The summed E-state index contributed by atoms with van der Waals surface area (Å²) in [6.45, 7) is 8.71. The summed E-state index contributed by atoms with van der Waals surface area (Å²) in [5, 5.41) is 0. The third-order valence-electron chi connectivity index (χ3n) is 4.92. The van der Waals surface area contributed by atoms with Gasteiger partial charge in [-0.05, 0) is 30.7 Å². The molecule has 0 unspecified atom stereocenters. The number of hydrogen-bond donors (Lipinski definition) is 1. The Bertz CT molecular complexity index is 591. The summed E-state index contributed by atoms with van der Waals surface area (Å²) < 4.78 is 5.40. The van der Waals surface area contributed by atoms with E-state index in [0.29, 0.717) is 26.2 Å². The Morgan fingerprint density at radius 1 is 1.31 bits per heavy atom. The number of hydrogen-bond acceptors (Lipinski definition) is 4. The number of benzene rings is 1. The second-order valence-corrected chi connectivity index (χ2v) is 7.29. The lowest BCUT2D eigenvalue weighted by Gasteiger charge is -2.28. The Kier molecular flexibility index (Phi) is 7.45. The van der Waals surface area contributed by atoms with E-state index in [1.165, 1.54) is 0 Å². The number of likely N-dealkylation sites (N-methyl/N-ethyl adjacent to an activating group) is 1. The van der Waals surface area contributed by atoms with Gasteiger partial charge in [-0.3, -0.25) is 4.79 Å². The largest absolute Gasteiger partial charge is 0.445 e. The van der Waals surface area contributed by atoms with Crippen molar-refractivity contribution in [2.24, 2.45) is 17.6 Å². The van der Waals surface area contributed by atoms with E-state index in [1.54, 1.807) is 4.90 Å². The van der Waals surface area contributed by atoms with Crippen molar-refractivity contribution in [1.82, 2.24) is 9.80 Å². The van der Waals surface area contributed by atoms with Gasteiger partial charge in [-0.25, -0.2) is 4.79 Å². The number of carbonyl (C=O) groups excluding carboxylic acids is 2. The van der Waals surface area contributed by atoms with Crippen LogP contribution in [0.15, 0.2) is 30.3 Å². The second-order valence-electron chi connectivity index (χ2n) is 7.29. The van der Waals surface area contributed by atoms with Gasteiger partial charge in [0, 0.05) is 26.2 Å². The van der Waals surface area contributed by atoms with Gasteiger partial charge in [0.15, 0.2) is 0 Å². The van der Waals surface area contributed by atoms with E-state index in [-0.39, 0.29) is 30.4 Å². The predicted molar refractivity (Wildman–Crippen MR) is 101 cm³/mol. The molecule has 2 rings (SSSR count). The van der Waals surface area contributed by atoms with Crippen LogP contribution in [0.1, 0.15) is 32.8 Å². The Hall–Kier alpha value is -2.08. The highest BCUT2D eigenvalue weighted by Crippen LogP contribution is 2.19. The zero-order valence-electron chi connectivity index (χ0n) is 16.1. The van der Waals surface area contributed by atoms with Crippen molar-refractivity contribution in [2.45, 2.75) is 39.8 Å². The smallest absolute Gasteiger partial charge is 0.410 e. The molecule has 1 saturated heterocycles. The summed E-state index contributed by atoms with van der Waals surface area (Å²) >= 11 is 0. The third-order valence-corrected chi connectivity index (χ3v) is 4.92. The van der Waals surface area contributed by atoms with Crippen LogP contribution in [-0.4, -0.2) is 54.0 Å². The Balaban J connectivity index is 1.81. The summed E-state index contributed by atoms with van der Waals surface area (Å²) in [7, 11) is 0. The molecule has 0 radical (unpaired) electrons. The molecule has 0 saturated carbocycles. The molecular weight excluding hydrogens is 330 g/mol. The summed E-state index contributed by atoms with van der Waals surface area (Å²) in [6, 6.07) is 9.18. The van der Waals surface area contributed by atoms with Crippen LogP contribution in [0.4, 0.5) is 4.79 Å². The summed E-state index contributed by atoms with van der Waals surface area (Å²) in [4.78, 5) is 28.3. The molecule has 2 atom stereocenters. The SMILES string of the molecule is CCN(C[C@@H]1CCN(C(=O)OCc2ccccc2)C1)C(=O)[C@@H](N)C(C)C. The summed E-state index contributed by atoms with van der Waals surface area (Å²) in [6.07, 6.45) is 0.589. The van der Waals surface area contributed by atoms with Crippen LogP contribution in [-0.2, 0) is 16.1 Å². The third kappa shape index (κ3) is 5.46. The predicted octanol–water partition coefficient (Wildman–Crippen LogP) is 2.48. The van der Waals surface area contributed by atoms with Crippen LogP contribution in [0, 0.1) is 11.8 Å². The van der Waals surface area contributed by atoms with Crippen LogP contribution in [0.25, 0.3) is 0 Å². The maximum Gasteiger partial charge on any atom is 0.410 e. The number of nitrogens with two attached hydrogens (primary N) is 1. The number of amides is 2. The van der Waals surface area contributed by atoms with Crippen LogP contribution in [0.3, 0.4) is 0 Å². The first-order valence-corrected chi connectivity index (χ1v) is 9.42. The van der Waals surface area contributed by atoms with Crippen molar-refractivity contribution < 1.29 is 14.3 Å². The molecule has 0 aliphatic carbocycles. The fraction of sp³-hybridized carbons (Fsp3) is 0.600. The van der Waals surface area contributed by atoms with Crippen molar-refractivity contribution >= 4 is 12.0 Å². The van der Waals surface area contributed by atoms with Gasteiger partial charge in [-0.15, -0.1) is 0 Å². The maximum atomic E-state index is 12.5. The lowest BCUT2D eigenvalue weighted by atomic mass is 10.0. The molecule has 0 aromatic heterocycles. The highest BCUT2D eigenvalue weighted by Gasteiger charge is 2.31. The van der Waals surface area contributed by atoms with E-state index in [0.717, 1.165) is 12.0 Å². The summed E-state index contributed by atoms with van der Waals surface area (Å²) in [5.74, 6) is 0.375. The Labute approximate surface area is 156 Å². The van der Waals surface area contributed by atoms with Gasteiger partial charge in [0.1, 0.15) is 6.61 Å². The van der Waals surface area contributed by atoms with E-state index in [4.69, 9.17) is 10.5 Å². The number of ether oxygens (including phenoxy) is 1. The van der Waals surface area contributed by atoms with Gasteiger partial charge >= 0.3 is 6.09 Å². The first-order chi connectivity index (χ1) is 12.4. The highest BCUT2D eigenvalue weighted by molar-refractivity contribution is 5.81. The fourth-order valence-corrected chi connectivity index (χ4v) is 3.14. The van der Waals surface area contributed by atoms with Crippen LogP contribution in [0.5, 0.6) is 0 Å². The van der Waals surface area contributed by atoms with Gasteiger partial charge in [-0.1, -0.05) is 44.2 Å². The molecule has 26 heavy (non-hydrogen) atoms. The molecule has 2 N–H and O–H groups in total. The molecule has 1 aliphatic heterocycles. The number of rotatable bonds is 7. The minimum absolute atomic E-state index is 0.00685. The van der Waals surface area contributed by atoms with E-state index >= 15 is 0 Å². The molecule has 144 valence electrons. The topological polar surface area (TPSA) is 75.9 Å². The Morgan fingerprint density at radius 3 is 2.62 bits per heavy atom. The molecule has 6 nitrogen and oxygen atoms in total. The first-order valence-electron chi connectivity index (χ1n) is 9.42. The number of nitrogens with zero attached hydrogens (tertiary/aromatic N) is 2. The molecular formula is C20H31N3O3. The van der Waals surface area contributed by atoms with Crippen molar-refractivity contribution in [3.8, 4) is 0 Å². The average molecular weight is 361 g/mol. The zero-order chi connectivity index (χ0) is 19.1. The van der Waals surface area contributed by atoms with Gasteiger partial charge < -0.3 is 20.3 Å². The first kappa shape index (κ1) is 20.2. The molecule has 1 aliphatic rings. The van der Waals surface area contributed by atoms with E-state index in [9.17, 15) is 9.59 Å². The maximum absolute atomic E-state index is 12.5. The van der Waals surface area contributed by atoms with E-state index in [2.05, 4.69) is 0 Å².